The first-order chi connectivity index (χ1) is 14.2. The molecule has 1 amide bonds. The highest BCUT2D eigenvalue weighted by molar-refractivity contribution is 7.12. The summed E-state index contributed by atoms with van der Waals surface area (Å²) in [7, 11) is 0. The van der Waals surface area contributed by atoms with Gasteiger partial charge < -0.3 is 15.2 Å². The van der Waals surface area contributed by atoms with Gasteiger partial charge in [-0.3, -0.25) is 9.69 Å². The van der Waals surface area contributed by atoms with Crippen LogP contribution in [0.4, 0.5) is 0 Å². The molecule has 0 spiro atoms. The Balaban J connectivity index is 1.36. The number of amides is 1. The van der Waals surface area contributed by atoms with E-state index >= 15 is 0 Å². The number of hydrogen-bond acceptors (Lipinski definition) is 5. The van der Waals surface area contributed by atoms with Crippen LogP contribution < -0.4 is 5.32 Å². The quantitative estimate of drug-likeness (QED) is 0.650. The highest BCUT2D eigenvalue weighted by atomic mass is 32.1. The van der Waals surface area contributed by atoms with Gasteiger partial charge >= 0.3 is 0 Å². The maximum absolute atomic E-state index is 12.4. The number of nitrogens with zero attached hydrogens (tertiary/aromatic N) is 1. The number of nitrogens with one attached hydrogen (secondary N) is 1. The van der Waals surface area contributed by atoms with Gasteiger partial charge in [-0.25, -0.2) is 0 Å². The van der Waals surface area contributed by atoms with Crippen molar-refractivity contribution in [3.63, 3.8) is 0 Å². The molecule has 29 heavy (non-hydrogen) atoms. The van der Waals surface area contributed by atoms with Gasteiger partial charge in [-0.1, -0.05) is 36.4 Å². The number of phenols is 1. The van der Waals surface area contributed by atoms with Gasteiger partial charge in [0.2, 0.25) is 0 Å². The molecule has 1 aromatic heterocycles. The number of carbonyl (C=O) groups is 1. The van der Waals surface area contributed by atoms with E-state index in [1.165, 1.54) is 11.3 Å². The second-order valence-electron chi connectivity index (χ2n) is 7.04. The molecule has 0 bridgehead atoms. The molecule has 6 heteroatoms. The third-order valence-electron chi connectivity index (χ3n) is 5.04. The summed E-state index contributed by atoms with van der Waals surface area (Å²) in [4.78, 5) is 15.5. The summed E-state index contributed by atoms with van der Waals surface area (Å²) in [5.74, 6) is 0.236. The lowest BCUT2D eigenvalue weighted by Crippen LogP contribution is -2.41. The number of morpholine rings is 1. The molecule has 0 aliphatic carbocycles. The van der Waals surface area contributed by atoms with Gasteiger partial charge in [0.15, 0.2) is 0 Å². The summed E-state index contributed by atoms with van der Waals surface area (Å²) in [5, 5.41) is 14.7. The van der Waals surface area contributed by atoms with Crippen LogP contribution in [0, 0.1) is 0 Å². The van der Waals surface area contributed by atoms with Crippen LogP contribution in [0.15, 0.2) is 60.0 Å². The molecule has 5 nitrogen and oxygen atoms in total. The zero-order valence-corrected chi connectivity index (χ0v) is 17.0. The fourth-order valence-electron chi connectivity index (χ4n) is 3.39. The fraction of sp³-hybridized carbons (Fsp3) is 0.261. The van der Waals surface area contributed by atoms with Crippen LogP contribution >= 0.6 is 11.3 Å². The number of thiophene rings is 1. The number of rotatable bonds is 6. The van der Waals surface area contributed by atoms with Crippen LogP contribution in [0.25, 0.3) is 22.3 Å². The van der Waals surface area contributed by atoms with Crippen molar-refractivity contribution in [1.82, 2.24) is 10.2 Å². The average Bonchev–Trinajstić information content (AvgIpc) is 3.25. The van der Waals surface area contributed by atoms with Crippen LogP contribution in [-0.2, 0) is 4.74 Å². The maximum atomic E-state index is 12.4. The van der Waals surface area contributed by atoms with Crippen LogP contribution in [0.2, 0.25) is 0 Å². The molecule has 1 aliphatic heterocycles. The first kappa shape index (κ1) is 19.6. The van der Waals surface area contributed by atoms with Gasteiger partial charge in [0.05, 0.1) is 18.1 Å². The Morgan fingerprint density at radius 1 is 1.00 bits per heavy atom. The minimum atomic E-state index is -0.0223. The molecule has 2 N–H and O–H groups in total. The molecule has 4 rings (SSSR count). The number of phenolic OH excluding ortho intramolecular Hbond substituents is 1. The van der Waals surface area contributed by atoms with Gasteiger partial charge in [-0.15, -0.1) is 11.3 Å². The van der Waals surface area contributed by atoms with Crippen molar-refractivity contribution >= 4 is 17.2 Å². The van der Waals surface area contributed by atoms with E-state index in [-0.39, 0.29) is 11.7 Å². The lowest BCUT2D eigenvalue weighted by Gasteiger charge is -2.26. The summed E-state index contributed by atoms with van der Waals surface area (Å²) in [6.45, 7) is 4.89. The Bertz CT molecular complexity index is 962. The maximum Gasteiger partial charge on any atom is 0.261 e. The van der Waals surface area contributed by atoms with E-state index in [0.717, 1.165) is 60.0 Å². The monoisotopic (exact) mass is 408 g/mol. The third kappa shape index (κ3) is 5.03. The normalized spacial score (nSPS) is 14.6. The number of benzene rings is 2. The molecule has 150 valence electrons. The van der Waals surface area contributed by atoms with Gasteiger partial charge in [0.1, 0.15) is 5.75 Å². The summed E-state index contributed by atoms with van der Waals surface area (Å²) in [6, 6.07) is 17.3. The zero-order valence-electron chi connectivity index (χ0n) is 16.1. The van der Waals surface area contributed by atoms with Gasteiger partial charge in [0, 0.05) is 26.2 Å². The Kier molecular flexibility index (Phi) is 6.24. The number of hydrogen-bond donors (Lipinski definition) is 2. The Morgan fingerprint density at radius 2 is 1.72 bits per heavy atom. The van der Waals surface area contributed by atoms with E-state index in [0.29, 0.717) is 6.54 Å². The molecule has 2 aromatic carbocycles. The predicted octanol–water partition coefficient (Wildman–Crippen LogP) is 3.85. The Hall–Kier alpha value is -2.67. The number of ether oxygens (including phenoxy) is 1. The van der Waals surface area contributed by atoms with Gasteiger partial charge in [-0.2, -0.15) is 0 Å². The van der Waals surface area contributed by atoms with E-state index < -0.39 is 0 Å². The minimum absolute atomic E-state index is 0.0223. The van der Waals surface area contributed by atoms with Crippen molar-refractivity contribution in [1.29, 1.82) is 0 Å². The lowest BCUT2D eigenvalue weighted by molar-refractivity contribution is 0.0383. The molecule has 0 unspecified atom stereocenters. The predicted molar refractivity (Wildman–Crippen MR) is 116 cm³/mol. The smallest absolute Gasteiger partial charge is 0.261 e. The lowest BCUT2D eigenvalue weighted by atomic mass is 10.0. The molecule has 3 aromatic rings. The molecule has 0 radical (unpaired) electrons. The van der Waals surface area contributed by atoms with Crippen molar-refractivity contribution in [3.05, 3.63) is 64.9 Å². The molecule has 1 saturated heterocycles. The van der Waals surface area contributed by atoms with Crippen LogP contribution in [0.5, 0.6) is 5.75 Å². The van der Waals surface area contributed by atoms with Crippen molar-refractivity contribution < 1.29 is 14.6 Å². The molecule has 0 saturated carbocycles. The third-order valence-corrected chi connectivity index (χ3v) is 5.97. The van der Waals surface area contributed by atoms with Crippen LogP contribution in [-0.4, -0.2) is 55.3 Å². The second-order valence-corrected chi connectivity index (χ2v) is 7.95. The van der Waals surface area contributed by atoms with E-state index in [2.05, 4.69) is 10.2 Å². The standard InChI is InChI=1S/C23H24N2O3S/c26-21-3-1-2-19(14-21)17-4-6-18(7-5-17)20-15-22(29-16-20)23(27)24-8-9-25-10-12-28-13-11-25/h1-7,14-16,26H,8-13H2,(H,24,27). The summed E-state index contributed by atoms with van der Waals surface area (Å²) in [6.07, 6.45) is 0. The van der Waals surface area contributed by atoms with Crippen molar-refractivity contribution in [2.75, 3.05) is 39.4 Å². The van der Waals surface area contributed by atoms with E-state index in [4.69, 9.17) is 4.74 Å². The Labute approximate surface area is 174 Å². The molecule has 0 atom stereocenters. The van der Waals surface area contributed by atoms with Crippen LogP contribution in [0.3, 0.4) is 0 Å². The topological polar surface area (TPSA) is 61.8 Å². The largest absolute Gasteiger partial charge is 0.508 e. The highest BCUT2D eigenvalue weighted by Gasteiger charge is 2.13. The molecule has 2 heterocycles. The van der Waals surface area contributed by atoms with Crippen molar-refractivity contribution in [3.8, 4) is 28.0 Å². The Morgan fingerprint density at radius 3 is 2.45 bits per heavy atom. The number of aromatic hydroxyl groups is 1. The fourth-order valence-corrected chi connectivity index (χ4v) is 4.22. The summed E-state index contributed by atoms with van der Waals surface area (Å²) in [5.41, 5.74) is 4.12. The molecular weight excluding hydrogens is 384 g/mol. The van der Waals surface area contributed by atoms with Crippen molar-refractivity contribution in [2.45, 2.75) is 0 Å². The van der Waals surface area contributed by atoms with E-state index in [1.807, 2.05) is 47.8 Å². The SMILES string of the molecule is O=C(NCCN1CCOCC1)c1cc(-c2ccc(-c3cccc(O)c3)cc2)cs1. The highest BCUT2D eigenvalue weighted by Crippen LogP contribution is 2.29. The summed E-state index contributed by atoms with van der Waals surface area (Å²) < 4.78 is 5.34. The average molecular weight is 409 g/mol. The zero-order chi connectivity index (χ0) is 20.1. The first-order valence-corrected chi connectivity index (χ1v) is 10.6. The first-order valence-electron chi connectivity index (χ1n) is 9.76. The van der Waals surface area contributed by atoms with Gasteiger partial charge in [-0.05, 0) is 45.8 Å². The second kappa shape index (κ2) is 9.22. The molecular formula is C23H24N2O3S. The summed E-state index contributed by atoms with van der Waals surface area (Å²) >= 11 is 1.46. The van der Waals surface area contributed by atoms with E-state index in [9.17, 15) is 9.90 Å². The van der Waals surface area contributed by atoms with Crippen molar-refractivity contribution in [2.24, 2.45) is 0 Å². The minimum Gasteiger partial charge on any atom is -0.508 e. The van der Waals surface area contributed by atoms with Crippen LogP contribution in [0.1, 0.15) is 9.67 Å². The van der Waals surface area contributed by atoms with E-state index in [1.54, 1.807) is 12.1 Å². The molecule has 1 aliphatic rings. The number of carbonyl (C=O) groups excluding carboxylic acids is 1. The van der Waals surface area contributed by atoms with Gasteiger partial charge in [0.25, 0.3) is 5.91 Å². The molecule has 1 fully saturated rings.